The van der Waals surface area contributed by atoms with Crippen molar-refractivity contribution in [1.82, 2.24) is 0 Å². The Labute approximate surface area is 73.9 Å². The molecular weight excluding hydrogens is 173 g/mol. The summed E-state index contributed by atoms with van der Waals surface area (Å²) >= 11 is 4.99. The van der Waals surface area contributed by atoms with Crippen molar-refractivity contribution >= 4 is 11.6 Å². The lowest BCUT2D eigenvalue weighted by atomic mass is 10.7. The van der Waals surface area contributed by atoms with Crippen molar-refractivity contribution in [3.05, 3.63) is 12.3 Å². The maximum atomic E-state index is 8.03. The van der Waals surface area contributed by atoms with Gasteiger partial charge in [-0.3, -0.25) is 0 Å². The van der Waals surface area contributed by atoms with Crippen LogP contribution < -0.4 is 17.3 Å². The third-order valence-electron chi connectivity index (χ3n) is 0.154. The standard InChI is InChI=1S/C3H5ClO.C3H9N.ClH/c1-3(5)2-4;1-4(2)3;/h5H,1-2H2;1-3H3;1H. The van der Waals surface area contributed by atoms with Gasteiger partial charge in [0, 0.05) is 0 Å². The molecule has 0 radical (unpaired) electrons. The van der Waals surface area contributed by atoms with E-state index in [0.29, 0.717) is 0 Å². The van der Waals surface area contributed by atoms with Crippen LogP contribution in [-0.2, 0) is 0 Å². The topological polar surface area (TPSA) is 24.7 Å². The van der Waals surface area contributed by atoms with Gasteiger partial charge < -0.3 is 22.4 Å². The Kier molecular flexibility index (Phi) is 19.6. The molecular formula is C6H15Cl2NO. The zero-order valence-corrected chi connectivity index (χ0v) is 8.13. The molecule has 0 aliphatic heterocycles. The summed E-state index contributed by atoms with van der Waals surface area (Å²) in [4.78, 5) is 1.42. The van der Waals surface area contributed by atoms with E-state index in [-0.39, 0.29) is 24.0 Å². The van der Waals surface area contributed by atoms with Gasteiger partial charge in [0.2, 0.25) is 0 Å². The first kappa shape index (κ1) is 16.6. The molecule has 0 amide bonds. The first-order valence-electron chi connectivity index (χ1n) is 2.70. The van der Waals surface area contributed by atoms with E-state index in [1.54, 1.807) is 0 Å². The Morgan fingerprint density at radius 1 is 1.50 bits per heavy atom. The molecule has 0 bridgehead atoms. The first-order chi connectivity index (χ1) is 4.00. The smallest absolute Gasteiger partial charge is 0.0998 e. The molecule has 0 saturated carbocycles. The van der Waals surface area contributed by atoms with Gasteiger partial charge in [-0.25, -0.2) is 0 Å². The summed E-state index contributed by atoms with van der Waals surface area (Å²) in [6, 6.07) is 0. The fourth-order valence-electron chi connectivity index (χ4n) is 0. The van der Waals surface area contributed by atoms with Gasteiger partial charge >= 0.3 is 0 Å². The lowest BCUT2D eigenvalue weighted by Gasteiger charge is -1.88. The van der Waals surface area contributed by atoms with Crippen molar-refractivity contribution in [3.63, 3.8) is 0 Å². The van der Waals surface area contributed by atoms with E-state index < -0.39 is 0 Å². The van der Waals surface area contributed by atoms with Gasteiger partial charge in [-0.1, -0.05) is 6.58 Å². The highest BCUT2D eigenvalue weighted by Gasteiger charge is 1.73. The number of alkyl halides is 1. The average Bonchev–Trinajstić information content (AvgIpc) is 1.65. The molecule has 4 heteroatoms. The SMILES string of the molecule is C=C(O)CCl.C[NH+](C)C.[Cl-]. The van der Waals surface area contributed by atoms with Gasteiger partial charge in [0.1, 0.15) is 0 Å². The van der Waals surface area contributed by atoms with Crippen LogP contribution in [0.3, 0.4) is 0 Å². The first-order valence-corrected chi connectivity index (χ1v) is 3.23. The number of aliphatic hydroxyl groups is 1. The van der Waals surface area contributed by atoms with E-state index in [4.69, 9.17) is 16.7 Å². The molecule has 10 heavy (non-hydrogen) atoms. The normalized spacial score (nSPS) is 7.30. The van der Waals surface area contributed by atoms with E-state index in [9.17, 15) is 0 Å². The average molecular weight is 188 g/mol. The van der Waals surface area contributed by atoms with Crippen molar-refractivity contribution < 1.29 is 22.4 Å². The molecule has 0 aromatic carbocycles. The van der Waals surface area contributed by atoms with Crippen LogP contribution in [0.4, 0.5) is 0 Å². The third-order valence-corrected chi connectivity index (χ3v) is 0.463. The van der Waals surface area contributed by atoms with Crippen LogP contribution in [0.1, 0.15) is 0 Å². The summed E-state index contributed by atoms with van der Waals surface area (Å²) < 4.78 is 0. The molecule has 2 nitrogen and oxygen atoms in total. The van der Waals surface area contributed by atoms with Crippen LogP contribution in [-0.4, -0.2) is 32.1 Å². The quantitative estimate of drug-likeness (QED) is 0.334. The van der Waals surface area contributed by atoms with Crippen LogP contribution >= 0.6 is 11.6 Å². The molecule has 0 aromatic rings. The number of rotatable bonds is 1. The Hall–Kier alpha value is 0.0800. The van der Waals surface area contributed by atoms with Gasteiger partial charge in [-0.15, -0.1) is 11.6 Å². The van der Waals surface area contributed by atoms with E-state index in [1.807, 2.05) is 0 Å². The highest BCUT2D eigenvalue weighted by molar-refractivity contribution is 6.19. The Morgan fingerprint density at radius 2 is 1.60 bits per heavy atom. The molecule has 2 N–H and O–H groups in total. The lowest BCUT2D eigenvalue weighted by Crippen LogP contribution is -3.02. The monoisotopic (exact) mass is 187 g/mol. The van der Waals surface area contributed by atoms with Crippen molar-refractivity contribution in [2.75, 3.05) is 27.0 Å². The Balaban J connectivity index is -0.0000000910. The largest absolute Gasteiger partial charge is 1.00 e. The van der Waals surface area contributed by atoms with Crippen LogP contribution in [0.15, 0.2) is 12.3 Å². The third kappa shape index (κ3) is 93.6. The van der Waals surface area contributed by atoms with Gasteiger partial charge in [-0.05, 0) is 0 Å². The fourth-order valence-corrected chi connectivity index (χ4v) is 0. The van der Waals surface area contributed by atoms with Crippen molar-refractivity contribution in [1.29, 1.82) is 0 Å². The van der Waals surface area contributed by atoms with Gasteiger partial charge in [0.25, 0.3) is 0 Å². The minimum absolute atomic E-state index is 0. The number of aliphatic hydroxyl groups excluding tert-OH is 1. The van der Waals surface area contributed by atoms with E-state index >= 15 is 0 Å². The second-order valence-electron chi connectivity index (χ2n) is 2.20. The number of hydrogen-bond donors (Lipinski definition) is 2. The van der Waals surface area contributed by atoms with Crippen LogP contribution in [0.2, 0.25) is 0 Å². The fraction of sp³-hybridized carbons (Fsp3) is 0.667. The minimum atomic E-state index is 0. The van der Waals surface area contributed by atoms with E-state index in [1.165, 1.54) is 4.90 Å². The molecule has 0 heterocycles. The summed E-state index contributed by atoms with van der Waals surface area (Å²) in [5.41, 5.74) is 0. The summed E-state index contributed by atoms with van der Waals surface area (Å²) in [6.45, 7) is 3.10. The van der Waals surface area contributed by atoms with E-state index in [0.717, 1.165) is 0 Å². The second-order valence-corrected chi connectivity index (χ2v) is 2.47. The molecule has 0 rings (SSSR count). The highest BCUT2D eigenvalue weighted by Crippen LogP contribution is 1.82. The maximum absolute atomic E-state index is 8.03. The maximum Gasteiger partial charge on any atom is 0.0998 e. The summed E-state index contributed by atoms with van der Waals surface area (Å²) in [7, 11) is 6.25. The molecule has 0 atom stereocenters. The molecule has 0 spiro atoms. The summed E-state index contributed by atoms with van der Waals surface area (Å²) in [5.74, 6) is 0.159. The number of halogens is 2. The van der Waals surface area contributed by atoms with Crippen molar-refractivity contribution in [3.8, 4) is 0 Å². The number of hydrogen-bond acceptors (Lipinski definition) is 1. The summed E-state index contributed by atoms with van der Waals surface area (Å²) in [5, 5.41) is 8.03. The Bertz CT molecular complexity index is 73.4. The predicted octanol–water partition coefficient (Wildman–Crippen LogP) is -2.94. The number of quaternary nitrogens is 1. The zero-order chi connectivity index (χ0) is 7.86. The molecule has 0 aliphatic rings. The molecule has 0 unspecified atom stereocenters. The highest BCUT2D eigenvalue weighted by atomic mass is 35.5. The minimum Gasteiger partial charge on any atom is -1.00 e. The predicted molar refractivity (Wildman–Crippen MR) is 41.2 cm³/mol. The molecule has 0 saturated heterocycles. The van der Waals surface area contributed by atoms with Gasteiger partial charge in [0.05, 0.1) is 32.8 Å². The van der Waals surface area contributed by atoms with Gasteiger partial charge in [0.15, 0.2) is 0 Å². The van der Waals surface area contributed by atoms with Crippen LogP contribution in [0.5, 0.6) is 0 Å². The van der Waals surface area contributed by atoms with Crippen LogP contribution in [0, 0.1) is 0 Å². The van der Waals surface area contributed by atoms with Crippen LogP contribution in [0.25, 0.3) is 0 Å². The zero-order valence-electron chi connectivity index (χ0n) is 6.62. The lowest BCUT2D eigenvalue weighted by molar-refractivity contribution is -0.836. The Morgan fingerprint density at radius 3 is 1.60 bits per heavy atom. The number of nitrogens with one attached hydrogen (secondary N) is 1. The van der Waals surface area contributed by atoms with Crippen molar-refractivity contribution in [2.45, 2.75) is 0 Å². The molecule has 64 valence electrons. The van der Waals surface area contributed by atoms with E-state index in [2.05, 4.69) is 27.7 Å². The summed E-state index contributed by atoms with van der Waals surface area (Å²) in [6.07, 6.45) is 0. The van der Waals surface area contributed by atoms with Crippen molar-refractivity contribution in [2.24, 2.45) is 0 Å². The van der Waals surface area contributed by atoms with Gasteiger partial charge in [-0.2, -0.15) is 0 Å². The molecule has 0 fully saturated rings. The molecule has 0 aromatic heterocycles. The second kappa shape index (κ2) is 11.8. The number of allylic oxidation sites excluding steroid dienone is 1. The molecule has 0 aliphatic carbocycles.